The van der Waals surface area contributed by atoms with Gasteiger partial charge in [0.1, 0.15) is 5.82 Å². The number of rotatable bonds is 2. The summed E-state index contributed by atoms with van der Waals surface area (Å²) in [5.41, 5.74) is 7.25. The highest BCUT2D eigenvalue weighted by molar-refractivity contribution is 5.92. The Bertz CT molecular complexity index is 633. The van der Waals surface area contributed by atoms with Gasteiger partial charge in [-0.3, -0.25) is 0 Å². The second-order valence-electron chi connectivity index (χ2n) is 6.87. The van der Waals surface area contributed by atoms with E-state index < -0.39 is 0 Å². The van der Waals surface area contributed by atoms with Crippen molar-refractivity contribution in [2.45, 2.75) is 39.7 Å². The third-order valence-electron chi connectivity index (χ3n) is 4.62. The van der Waals surface area contributed by atoms with Crippen molar-refractivity contribution < 1.29 is 0 Å². The molecule has 0 spiro atoms. The molecule has 3 heteroatoms. The Morgan fingerprint density at radius 1 is 1.19 bits per heavy atom. The van der Waals surface area contributed by atoms with Gasteiger partial charge in [0.2, 0.25) is 0 Å². The zero-order chi connectivity index (χ0) is 14.9. The van der Waals surface area contributed by atoms with E-state index in [-0.39, 0.29) is 0 Å². The van der Waals surface area contributed by atoms with Gasteiger partial charge >= 0.3 is 0 Å². The molecule has 2 heterocycles. The summed E-state index contributed by atoms with van der Waals surface area (Å²) in [6, 6.07) is 10.6. The van der Waals surface area contributed by atoms with Gasteiger partial charge in [-0.15, -0.1) is 0 Å². The Morgan fingerprint density at radius 3 is 2.81 bits per heavy atom. The quantitative estimate of drug-likeness (QED) is 0.913. The van der Waals surface area contributed by atoms with Crippen molar-refractivity contribution in [2.24, 2.45) is 11.1 Å². The number of hydrogen-bond donors (Lipinski definition) is 1. The fraction of sp³-hybridized carbons (Fsp3) is 0.500. The molecule has 21 heavy (non-hydrogen) atoms. The van der Waals surface area contributed by atoms with Crippen LogP contribution in [0.4, 0.5) is 5.82 Å². The lowest BCUT2D eigenvalue weighted by atomic mass is 9.85. The van der Waals surface area contributed by atoms with E-state index in [1.165, 1.54) is 30.0 Å². The minimum atomic E-state index is 0.441. The zero-order valence-electron chi connectivity index (χ0n) is 13.1. The molecule has 1 saturated heterocycles. The summed E-state index contributed by atoms with van der Waals surface area (Å²) in [6.45, 7) is 7.42. The first-order chi connectivity index (χ1) is 10.1. The highest BCUT2D eigenvalue weighted by Gasteiger charge is 2.24. The average molecular weight is 283 g/mol. The number of hydrogen-bond acceptors (Lipinski definition) is 3. The van der Waals surface area contributed by atoms with Crippen LogP contribution in [0.2, 0.25) is 0 Å². The second-order valence-corrected chi connectivity index (χ2v) is 6.87. The maximum Gasteiger partial charge on any atom is 0.136 e. The lowest BCUT2D eigenvalue weighted by Crippen LogP contribution is -2.26. The first-order valence-corrected chi connectivity index (χ1v) is 7.93. The molecule has 3 nitrogen and oxygen atoms in total. The van der Waals surface area contributed by atoms with Crippen LogP contribution in [-0.4, -0.2) is 18.1 Å². The minimum Gasteiger partial charge on any atom is -0.356 e. The Morgan fingerprint density at radius 2 is 2.00 bits per heavy atom. The van der Waals surface area contributed by atoms with Crippen LogP contribution >= 0.6 is 0 Å². The topological polar surface area (TPSA) is 42.2 Å². The molecule has 1 aliphatic heterocycles. The van der Waals surface area contributed by atoms with E-state index in [9.17, 15) is 0 Å². The minimum absolute atomic E-state index is 0.441. The third kappa shape index (κ3) is 3.03. The van der Waals surface area contributed by atoms with Crippen LogP contribution in [0.3, 0.4) is 0 Å². The van der Waals surface area contributed by atoms with Gasteiger partial charge < -0.3 is 10.6 Å². The molecular formula is C18H25N3. The van der Waals surface area contributed by atoms with E-state index in [0.717, 1.165) is 24.6 Å². The van der Waals surface area contributed by atoms with Gasteiger partial charge in [-0.05, 0) is 36.1 Å². The monoisotopic (exact) mass is 283 g/mol. The van der Waals surface area contributed by atoms with Crippen LogP contribution < -0.4 is 10.6 Å². The predicted molar refractivity (Wildman–Crippen MR) is 89.5 cm³/mol. The molecule has 1 aromatic heterocycles. The number of nitrogens with zero attached hydrogens (tertiary/aromatic N) is 2. The predicted octanol–water partition coefficient (Wildman–Crippen LogP) is 3.71. The number of pyridine rings is 1. The van der Waals surface area contributed by atoms with Crippen molar-refractivity contribution in [3.63, 3.8) is 0 Å². The summed E-state index contributed by atoms with van der Waals surface area (Å²) in [7, 11) is 0. The van der Waals surface area contributed by atoms with Crippen molar-refractivity contribution in [1.82, 2.24) is 4.98 Å². The normalized spacial score (nSPS) is 18.7. The van der Waals surface area contributed by atoms with Crippen LogP contribution in [0.5, 0.6) is 0 Å². The standard InChI is InChI=1S/C18H25N3/c1-18(2)8-5-10-21(11-9-18)17-16-7-4-3-6-14(16)12-15(13-19)20-17/h3-4,6-7,12H,5,8-11,13,19H2,1-2H3. The summed E-state index contributed by atoms with van der Waals surface area (Å²) >= 11 is 0. The summed E-state index contributed by atoms with van der Waals surface area (Å²) in [6.07, 6.45) is 3.74. The van der Waals surface area contributed by atoms with Crippen molar-refractivity contribution in [3.8, 4) is 0 Å². The molecule has 0 amide bonds. The molecule has 112 valence electrons. The van der Waals surface area contributed by atoms with Crippen molar-refractivity contribution in [2.75, 3.05) is 18.0 Å². The second kappa shape index (κ2) is 5.64. The molecule has 2 aromatic rings. The van der Waals surface area contributed by atoms with Gasteiger partial charge in [-0.1, -0.05) is 38.1 Å². The molecule has 0 unspecified atom stereocenters. The summed E-state index contributed by atoms with van der Waals surface area (Å²) in [5.74, 6) is 1.12. The highest BCUT2D eigenvalue weighted by Crippen LogP contribution is 2.33. The van der Waals surface area contributed by atoms with Crippen molar-refractivity contribution in [3.05, 3.63) is 36.0 Å². The van der Waals surface area contributed by atoms with E-state index >= 15 is 0 Å². The molecule has 0 aliphatic carbocycles. The number of nitrogens with two attached hydrogens (primary N) is 1. The molecule has 1 aromatic carbocycles. The van der Waals surface area contributed by atoms with Crippen LogP contribution in [0.15, 0.2) is 30.3 Å². The Hall–Kier alpha value is -1.61. The largest absolute Gasteiger partial charge is 0.356 e. The number of fused-ring (bicyclic) bond motifs is 1. The third-order valence-corrected chi connectivity index (χ3v) is 4.62. The van der Waals surface area contributed by atoms with E-state index in [4.69, 9.17) is 10.7 Å². The van der Waals surface area contributed by atoms with Gasteiger partial charge in [0, 0.05) is 25.0 Å². The molecule has 3 rings (SSSR count). The summed E-state index contributed by atoms with van der Waals surface area (Å²) in [5, 5.41) is 2.49. The van der Waals surface area contributed by atoms with Gasteiger partial charge in [-0.2, -0.15) is 0 Å². The smallest absolute Gasteiger partial charge is 0.136 e. The first kappa shape index (κ1) is 14.3. The highest BCUT2D eigenvalue weighted by atomic mass is 15.2. The molecule has 1 fully saturated rings. The molecule has 2 N–H and O–H groups in total. The maximum atomic E-state index is 5.83. The molecule has 0 radical (unpaired) electrons. The lowest BCUT2D eigenvalue weighted by molar-refractivity contribution is 0.325. The van der Waals surface area contributed by atoms with Crippen LogP contribution in [0.25, 0.3) is 10.8 Å². The molecule has 1 aliphatic rings. The van der Waals surface area contributed by atoms with Crippen LogP contribution in [0, 0.1) is 5.41 Å². The lowest BCUT2D eigenvalue weighted by Gasteiger charge is -2.25. The average Bonchev–Trinajstić information content (AvgIpc) is 2.67. The molecule has 0 bridgehead atoms. The van der Waals surface area contributed by atoms with E-state index in [0.29, 0.717) is 12.0 Å². The number of aromatic nitrogens is 1. The Balaban J connectivity index is 2.02. The van der Waals surface area contributed by atoms with Crippen LogP contribution in [0.1, 0.15) is 38.8 Å². The van der Waals surface area contributed by atoms with Gasteiger partial charge in [0.05, 0.1) is 5.69 Å². The van der Waals surface area contributed by atoms with Gasteiger partial charge in [0.15, 0.2) is 0 Å². The SMILES string of the molecule is CC1(C)CCCN(c2nc(CN)cc3ccccc23)CC1. The molecular weight excluding hydrogens is 258 g/mol. The summed E-state index contributed by atoms with van der Waals surface area (Å²) < 4.78 is 0. The fourth-order valence-electron chi connectivity index (χ4n) is 3.21. The summed E-state index contributed by atoms with van der Waals surface area (Å²) in [4.78, 5) is 7.29. The first-order valence-electron chi connectivity index (χ1n) is 7.93. The number of benzene rings is 1. The van der Waals surface area contributed by atoms with Gasteiger partial charge in [-0.25, -0.2) is 4.98 Å². The van der Waals surface area contributed by atoms with Gasteiger partial charge in [0.25, 0.3) is 0 Å². The zero-order valence-corrected chi connectivity index (χ0v) is 13.1. The Kier molecular flexibility index (Phi) is 3.85. The molecule has 0 atom stereocenters. The fourth-order valence-corrected chi connectivity index (χ4v) is 3.21. The van der Waals surface area contributed by atoms with E-state index in [2.05, 4.69) is 49.1 Å². The van der Waals surface area contributed by atoms with E-state index in [1.807, 2.05) is 0 Å². The Labute approximate surface area is 127 Å². The molecule has 0 saturated carbocycles. The van der Waals surface area contributed by atoms with Crippen molar-refractivity contribution in [1.29, 1.82) is 0 Å². The maximum absolute atomic E-state index is 5.83. The van der Waals surface area contributed by atoms with Crippen LogP contribution in [-0.2, 0) is 6.54 Å². The number of anilines is 1. The van der Waals surface area contributed by atoms with E-state index in [1.54, 1.807) is 0 Å². The van der Waals surface area contributed by atoms with Crippen molar-refractivity contribution >= 4 is 16.6 Å².